The summed E-state index contributed by atoms with van der Waals surface area (Å²) in [4.78, 5) is 25.6. The van der Waals surface area contributed by atoms with Gasteiger partial charge in [0.1, 0.15) is 12.4 Å². The Morgan fingerprint density at radius 1 is 1.21 bits per heavy atom. The largest absolute Gasteiger partial charge is 0.493 e. The molecule has 0 saturated heterocycles. The van der Waals surface area contributed by atoms with Gasteiger partial charge in [0.25, 0.3) is 0 Å². The first-order chi connectivity index (χ1) is 18.4. The number of amides is 1. The van der Waals surface area contributed by atoms with Crippen LogP contribution in [-0.2, 0) is 22.6 Å². The molecule has 1 fully saturated rings. The molecular formula is C29H37N3O6. The van der Waals surface area contributed by atoms with E-state index < -0.39 is 5.97 Å². The molecule has 9 nitrogen and oxygen atoms in total. The molecule has 9 heteroatoms. The van der Waals surface area contributed by atoms with Crippen molar-refractivity contribution < 1.29 is 28.9 Å². The summed E-state index contributed by atoms with van der Waals surface area (Å²) in [6, 6.07) is 12.5. The summed E-state index contributed by atoms with van der Waals surface area (Å²) in [7, 11) is 3.33. The van der Waals surface area contributed by atoms with E-state index in [1.807, 2.05) is 24.3 Å². The van der Waals surface area contributed by atoms with Crippen LogP contribution in [0.5, 0.6) is 17.2 Å². The number of carboxylic acids is 1. The highest BCUT2D eigenvalue weighted by Gasteiger charge is 2.40. The van der Waals surface area contributed by atoms with Gasteiger partial charge in [-0.25, -0.2) is 0 Å². The molecule has 3 N–H and O–H groups in total. The maximum atomic E-state index is 11.7. The summed E-state index contributed by atoms with van der Waals surface area (Å²) in [5.74, 6) is 0.962. The molecule has 204 valence electrons. The van der Waals surface area contributed by atoms with Gasteiger partial charge < -0.3 is 30.0 Å². The maximum Gasteiger partial charge on any atom is 0.306 e. The normalized spacial score (nSPS) is 18.8. The molecular weight excluding hydrogens is 486 g/mol. The molecule has 1 atom stereocenters. The first-order valence-corrected chi connectivity index (χ1v) is 13.0. The van der Waals surface area contributed by atoms with E-state index in [0.29, 0.717) is 50.6 Å². The molecule has 1 aliphatic carbocycles. The Hall–Kier alpha value is -3.72. The van der Waals surface area contributed by atoms with Gasteiger partial charge in [-0.1, -0.05) is 18.2 Å². The second-order valence-electron chi connectivity index (χ2n) is 9.72. The van der Waals surface area contributed by atoms with E-state index in [2.05, 4.69) is 34.6 Å². The number of carbonyl (C=O) groups excluding carboxylic acids is 1. The van der Waals surface area contributed by atoms with Crippen LogP contribution in [0.1, 0.15) is 42.5 Å². The van der Waals surface area contributed by atoms with Crippen molar-refractivity contribution in [2.75, 3.05) is 33.9 Å². The van der Waals surface area contributed by atoms with Gasteiger partial charge in [0.05, 0.1) is 26.2 Å². The van der Waals surface area contributed by atoms with Crippen LogP contribution in [0.15, 0.2) is 48.7 Å². The molecule has 4 rings (SSSR count). The highest BCUT2D eigenvalue weighted by atomic mass is 16.5. The van der Waals surface area contributed by atoms with Crippen LogP contribution in [0, 0.1) is 5.92 Å². The summed E-state index contributed by atoms with van der Waals surface area (Å²) in [5, 5.41) is 15.0. The third-order valence-electron chi connectivity index (χ3n) is 7.28. The van der Waals surface area contributed by atoms with E-state index in [4.69, 9.17) is 14.2 Å². The van der Waals surface area contributed by atoms with Crippen LogP contribution < -0.4 is 24.8 Å². The van der Waals surface area contributed by atoms with Crippen molar-refractivity contribution in [3.63, 3.8) is 0 Å². The number of benzene rings is 2. The number of ether oxygens (including phenoxy) is 3. The van der Waals surface area contributed by atoms with Crippen LogP contribution in [0.3, 0.4) is 0 Å². The molecule has 0 aromatic heterocycles. The Kier molecular flexibility index (Phi) is 9.12. The predicted octanol–water partition coefficient (Wildman–Crippen LogP) is 3.28. The van der Waals surface area contributed by atoms with E-state index in [9.17, 15) is 14.7 Å². The fraction of sp³-hybridized carbons (Fsp3) is 0.448. The number of hydrogen-bond acceptors (Lipinski definition) is 7. The van der Waals surface area contributed by atoms with Gasteiger partial charge in [0, 0.05) is 44.4 Å². The first kappa shape index (κ1) is 27.3. The Bertz CT molecular complexity index is 1160. The van der Waals surface area contributed by atoms with Crippen molar-refractivity contribution in [2.24, 2.45) is 5.92 Å². The van der Waals surface area contributed by atoms with E-state index in [1.165, 1.54) is 17.2 Å². The van der Waals surface area contributed by atoms with Gasteiger partial charge >= 0.3 is 5.97 Å². The third kappa shape index (κ3) is 6.58. The zero-order valence-electron chi connectivity index (χ0n) is 22.2. The molecule has 1 aliphatic heterocycles. The Morgan fingerprint density at radius 3 is 2.76 bits per heavy atom. The van der Waals surface area contributed by atoms with Gasteiger partial charge in [-0.05, 0) is 54.7 Å². The summed E-state index contributed by atoms with van der Waals surface area (Å²) in [6.07, 6.45) is 5.17. The fourth-order valence-corrected chi connectivity index (χ4v) is 4.99. The lowest BCUT2D eigenvalue weighted by Gasteiger charge is -2.44. The molecule has 0 unspecified atom stereocenters. The fourth-order valence-electron chi connectivity index (χ4n) is 4.99. The molecule has 38 heavy (non-hydrogen) atoms. The van der Waals surface area contributed by atoms with Crippen LogP contribution in [0.25, 0.3) is 0 Å². The lowest BCUT2D eigenvalue weighted by atomic mass is 9.78. The predicted molar refractivity (Wildman–Crippen MR) is 143 cm³/mol. The molecule has 2 aromatic rings. The SMILES string of the molecule is CN/C=C\C(=O)NCCOc1ccc(CN(C2CC(C(=O)O)C2)[C@H](C)c2ccc3c(c2)CCO3)cc1OC. The number of fused-ring (bicyclic) bond motifs is 1. The van der Waals surface area contributed by atoms with Crippen LogP contribution in [0.2, 0.25) is 0 Å². The lowest BCUT2D eigenvalue weighted by Crippen LogP contribution is -2.47. The zero-order chi connectivity index (χ0) is 27.1. The van der Waals surface area contributed by atoms with E-state index >= 15 is 0 Å². The molecule has 2 aliphatic rings. The van der Waals surface area contributed by atoms with Gasteiger partial charge in [-0.15, -0.1) is 0 Å². The van der Waals surface area contributed by atoms with Crippen molar-refractivity contribution in [1.82, 2.24) is 15.5 Å². The summed E-state index contributed by atoms with van der Waals surface area (Å²) in [5.41, 5.74) is 3.48. The molecule has 1 heterocycles. The summed E-state index contributed by atoms with van der Waals surface area (Å²) < 4.78 is 17.1. The number of aliphatic carboxylic acids is 1. The number of rotatable bonds is 13. The minimum Gasteiger partial charge on any atom is -0.493 e. The Morgan fingerprint density at radius 2 is 2.03 bits per heavy atom. The van der Waals surface area contributed by atoms with E-state index in [1.54, 1.807) is 20.4 Å². The summed E-state index contributed by atoms with van der Waals surface area (Å²) >= 11 is 0. The van der Waals surface area contributed by atoms with Crippen molar-refractivity contribution in [1.29, 1.82) is 0 Å². The molecule has 0 bridgehead atoms. The number of carboxylic acid groups (broad SMARTS) is 1. The third-order valence-corrected chi connectivity index (χ3v) is 7.28. The second-order valence-corrected chi connectivity index (χ2v) is 9.72. The average molecular weight is 524 g/mol. The maximum absolute atomic E-state index is 11.7. The second kappa shape index (κ2) is 12.7. The number of methoxy groups -OCH3 is 1. The van der Waals surface area contributed by atoms with Gasteiger partial charge in [0.15, 0.2) is 11.5 Å². The van der Waals surface area contributed by atoms with E-state index in [0.717, 1.165) is 17.7 Å². The minimum atomic E-state index is -0.721. The molecule has 0 spiro atoms. The zero-order valence-corrected chi connectivity index (χ0v) is 22.2. The average Bonchev–Trinajstić information content (AvgIpc) is 3.36. The van der Waals surface area contributed by atoms with Crippen LogP contribution in [-0.4, -0.2) is 61.8 Å². The number of carbonyl (C=O) groups is 2. The Balaban J connectivity index is 1.44. The standard InChI is InChI=1S/C29H37N3O6/c1-19(21-5-7-25-22(15-21)9-12-37-25)32(24-16-23(17-24)29(34)35)18-20-4-6-26(27(14-20)36-3)38-13-11-31-28(33)8-10-30-2/h4-8,10,14-15,19,23-24,30H,9,11-13,16-18H2,1-3H3,(H,31,33)(H,34,35)/b10-8-/t19-,23?,24?/m1/s1. The highest BCUT2D eigenvalue weighted by molar-refractivity contribution is 5.87. The molecule has 2 aromatic carbocycles. The molecule has 1 amide bonds. The number of nitrogens with zero attached hydrogens (tertiary/aromatic N) is 1. The van der Waals surface area contributed by atoms with Crippen molar-refractivity contribution in [2.45, 2.75) is 44.8 Å². The van der Waals surface area contributed by atoms with Crippen molar-refractivity contribution in [3.05, 3.63) is 65.4 Å². The topological polar surface area (TPSA) is 109 Å². The smallest absolute Gasteiger partial charge is 0.306 e. The van der Waals surface area contributed by atoms with E-state index in [-0.39, 0.29) is 23.9 Å². The van der Waals surface area contributed by atoms with Gasteiger partial charge in [0.2, 0.25) is 5.91 Å². The number of nitrogens with one attached hydrogen (secondary N) is 2. The van der Waals surface area contributed by atoms with Crippen LogP contribution in [0.4, 0.5) is 0 Å². The lowest BCUT2D eigenvalue weighted by molar-refractivity contribution is -0.147. The quantitative estimate of drug-likeness (QED) is 0.271. The Labute approximate surface area is 223 Å². The highest BCUT2D eigenvalue weighted by Crippen LogP contribution is 2.39. The first-order valence-electron chi connectivity index (χ1n) is 13.0. The van der Waals surface area contributed by atoms with Gasteiger partial charge in [-0.2, -0.15) is 0 Å². The molecule has 0 radical (unpaired) electrons. The van der Waals surface area contributed by atoms with Crippen LogP contribution >= 0.6 is 0 Å². The summed E-state index contributed by atoms with van der Waals surface area (Å²) in [6.45, 7) is 4.21. The monoisotopic (exact) mass is 523 g/mol. The van der Waals surface area contributed by atoms with Crippen molar-refractivity contribution in [3.8, 4) is 17.2 Å². The number of hydrogen-bond donors (Lipinski definition) is 3. The van der Waals surface area contributed by atoms with Crippen molar-refractivity contribution >= 4 is 11.9 Å². The minimum absolute atomic E-state index is 0.100. The van der Waals surface area contributed by atoms with Gasteiger partial charge in [-0.3, -0.25) is 14.5 Å². The molecule has 1 saturated carbocycles.